The van der Waals surface area contributed by atoms with Crippen LogP contribution in [0.4, 0.5) is 4.79 Å². The van der Waals surface area contributed by atoms with Gasteiger partial charge in [0.05, 0.1) is 12.5 Å². The second-order valence-electron chi connectivity index (χ2n) is 7.31. The number of pyridine rings is 1. The van der Waals surface area contributed by atoms with Crippen molar-refractivity contribution < 1.29 is 14.3 Å². The number of nitrogens with zero attached hydrogens (tertiary/aromatic N) is 2. The normalized spacial score (nSPS) is 25.9. The Hall–Kier alpha value is -1.43. The molecule has 0 N–H and O–H groups in total. The summed E-state index contributed by atoms with van der Waals surface area (Å²) < 4.78 is 6.19. The standard InChI is InChI=1S/C17H21BrN2O3/c1-17(2,3)23-16(22)20-12-7-10(8-12)15(20)13(21)9-11-5-4-6-14(18)19-11/h4-6,10,12,15H,7-9H2,1-3H3/t10?,12?,15-/m0/s1. The van der Waals surface area contributed by atoms with Gasteiger partial charge in [-0.1, -0.05) is 6.07 Å². The molecule has 0 aromatic carbocycles. The van der Waals surface area contributed by atoms with E-state index in [1.54, 1.807) is 4.90 Å². The predicted octanol–water partition coefficient (Wildman–Crippen LogP) is 3.35. The number of halogens is 1. The molecule has 2 saturated heterocycles. The summed E-state index contributed by atoms with van der Waals surface area (Å²) >= 11 is 3.32. The lowest BCUT2D eigenvalue weighted by atomic mass is 9.81. The van der Waals surface area contributed by atoms with Gasteiger partial charge < -0.3 is 4.74 Å². The third-order valence-corrected chi connectivity index (χ3v) is 4.79. The van der Waals surface area contributed by atoms with Crippen LogP contribution in [0, 0.1) is 5.92 Å². The van der Waals surface area contributed by atoms with E-state index in [1.165, 1.54) is 0 Å². The maximum Gasteiger partial charge on any atom is 0.411 e. The quantitative estimate of drug-likeness (QED) is 0.754. The van der Waals surface area contributed by atoms with E-state index in [1.807, 2.05) is 39.0 Å². The van der Waals surface area contributed by atoms with Crippen molar-refractivity contribution >= 4 is 27.8 Å². The van der Waals surface area contributed by atoms with Crippen LogP contribution in [-0.4, -0.2) is 39.4 Å². The summed E-state index contributed by atoms with van der Waals surface area (Å²) in [6.45, 7) is 5.52. The first kappa shape index (κ1) is 16.4. The number of fused-ring (bicyclic) bond motifs is 1. The van der Waals surface area contributed by atoms with Crippen LogP contribution in [0.2, 0.25) is 0 Å². The molecule has 1 atom stereocenters. The van der Waals surface area contributed by atoms with Gasteiger partial charge in [0.1, 0.15) is 10.2 Å². The largest absolute Gasteiger partial charge is 0.444 e. The third-order valence-electron chi connectivity index (χ3n) is 4.35. The van der Waals surface area contributed by atoms with E-state index in [4.69, 9.17) is 4.74 Å². The summed E-state index contributed by atoms with van der Waals surface area (Å²) in [4.78, 5) is 31.2. The molecule has 3 heterocycles. The molecular formula is C17H21BrN2O3. The molecule has 3 fully saturated rings. The molecule has 3 aliphatic rings. The van der Waals surface area contributed by atoms with E-state index in [0.29, 0.717) is 4.60 Å². The molecule has 2 aliphatic heterocycles. The molecule has 5 nitrogen and oxygen atoms in total. The van der Waals surface area contributed by atoms with Gasteiger partial charge in [-0.2, -0.15) is 0 Å². The van der Waals surface area contributed by atoms with Crippen molar-refractivity contribution in [2.45, 2.75) is 57.7 Å². The first-order valence-corrected chi connectivity index (χ1v) is 8.69. The summed E-state index contributed by atoms with van der Waals surface area (Å²) in [7, 11) is 0. The molecule has 1 aliphatic carbocycles. The van der Waals surface area contributed by atoms with Gasteiger partial charge >= 0.3 is 6.09 Å². The van der Waals surface area contributed by atoms with Crippen molar-refractivity contribution in [1.29, 1.82) is 0 Å². The zero-order valence-corrected chi connectivity index (χ0v) is 15.2. The Morgan fingerprint density at radius 1 is 1.35 bits per heavy atom. The van der Waals surface area contributed by atoms with E-state index >= 15 is 0 Å². The number of carbonyl (C=O) groups excluding carboxylic acids is 2. The predicted molar refractivity (Wildman–Crippen MR) is 89.0 cm³/mol. The lowest BCUT2D eigenvalue weighted by Crippen LogP contribution is -2.44. The molecule has 0 radical (unpaired) electrons. The highest BCUT2D eigenvalue weighted by atomic mass is 79.9. The lowest BCUT2D eigenvalue weighted by Gasteiger charge is -2.29. The Morgan fingerprint density at radius 3 is 2.65 bits per heavy atom. The molecule has 0 unspecified atom stereocenters. The Labute approximate surface area is 144 Å². The average Bonchev–Trinajstić information content (AvgIpc) is 2.91. The maximum absolute atomic E-state index is 12.7. The van der Waals surface area contributed by atoms with E-state index in [9.17, 15) is 9.59 Å². The van der Waals surface area contributed by atoms with Crippen LogP contribution in [0.1, 0.15) is 39.3 Å². The van der Waals surface area contributed by atoms with Crippen LogP contribution in [0.25, 0.3) is 0 Å². The van der Waals surface area contributed by atoms with Crippen molar-refractivity contribution in [3.8, 4) is 0 Å². The zero-order valence-electron chi connectivity index (χ0n) is 13.6. The van der Waals surface area contributed by atoms with E-state index in [-0.39, 0.29) is 36.3 Å². The molecule has 4 rings (SSSR count). The first-order chi connectivity index (χ1) is 10.7. The average molecular weight is 381 g/mol. The summed E-state index contributed by atoms with van der Waals surface area (Å²) in [5, 5.41) is 0. The van der Waals surface area contributed by atoms with Crippen LogP contribution in [-0.2, 0) is 16.0 Å². The fourth-order valence-electron chi connectivity index (χ4n) is 3.40. The van der Waals surface area contributed by atoms with Gasteiger partial charge in [-0.15, -0.1) is 0 Å². The number of ether oxygens (including phenoxy) is 1. The second-order valence-corrected chi connectivity index (χ2v) is 8.12. The van der Waals surface area contributed by atoms with Crippen LogP contribution >= 0.6 is 15.9 Å². The van der Waals surface area contributed by atoms with Gasteiger partial charge in [-0.05, 0) is 67.6 Å². The van der Waals surface area contributed by atoms with Gasteiger partial charge in [0.25, 0.3) is 0 Å². The molecule has 1 saturated carbocycles. The number of Topliss-reactive ketones (excluding diaryl/α,β-unsaturated/α-hetero) is 1. The molecule has 0 spiro atoms. The highest BCUT2D eigenvalue weighted by molar-refractivity contribution is 9.10. The molecule has 23 heavy (non-hydrogen) atoms. The fourth-order valence-corrected chi connectivity index (χ4v) is 3.78. The minimum Gasteiger partial charge on any atom is -0.444 e. The minimum atomic E-state index is -0.552. The van der Waals surface area contributed by atoms with E-state index < -0.39 is 5.60 Å². The van der Waals surface area contributed by atoms with Crippen LogP contribution in [0.5, 0.6) is 0 Å². The smallest absolute Gasteiger partial charge is 0.411 e. The highest BCUT2D eigenvalue weighted by Gasteiger charge is 2.56. The number of rotatable bonds is 3. The summed E-state index contributed by atoms with van der Waals surface area (Å²) in [6, 6.07) is 5.31. The minimum absolute atomic E-state index is 0.0476. The molecule has 2 bridgehead atoms. The van der Waals surface area contributed by atoms with Gasteiger partial charge in [-0.3, -0.25) is 9.69 Å². The van der Waals surface area contributed by atoms with Crippen LogP contribution in [0.3, 0.4) is 0 Å². The molecule has 1 aromatic heterocycles. The SMILES string of the molecule is CC(C)(C)OC(=O)N1C2CC(C2)[C@H]1C(=O)Cc1cccc(Br)n1. The van der Waals surface area contributed by atoms with Gasteiger partial charge in [0.15, 0.2) is 5.78 Å². The van der Waals surface area contributed by atoms with Crippen molar-refractivity contribution in [2.75, 3.05) is 0 Å². The number of carbonyl (C=O) groups is 2. The Morgan fingerprint density at radius 2 is 2.04 bits per heavy atom. The molecular weight excluding hydrogens is 360 g/mol. The lowest BCUT2D eigenvalue weighted by molar-refractivity contribution is -0.123. The Kier molecular flexibility index (Phi) is 4.21. The monoisotopic (exact) mass is 380 g/mol. The van der Waals surface area contributed by atoms with Gasteiger partial charge in [0.2, 0.25) is 0 Å². The van der Waals surface area contributed by atoms with E-state index in [2.05, 4.69) is 20.9 Å². The number of hydrogen-bond donors (Lipinski definition) is 0. The zero-order chi connectivity index (χ0) is 16.8. The third kappa shape index (κ3) is 3.42. The fraction of sp³-hybridized carbons (Fsp3) is 0.588. The molecule has 6 heteroatoms. The summed E-state index contributed by atoms with van der Waals surface area (Å²) in [6.07, 6.45) is 1.68. The Balaban J connectivity index is 1.73. The number of ketones is 1. The highest BCUT2D eigenvalue weighted by Crippen LogP contribution is 2.47. The number of aromatic nitrogens is 1. The van der Waals surface area contributed by atoms with Crippen molar-refractivity contribution in [1.82, 2.24) is 9.88 Å². The summed E-state index contributed by atoms with van der Waals surface area (Å²) in [5.41, 5.74) is 0.168. The molecule has 1 aromatic rings. The summed E-state index contributed by atoms with van der Waals surface area (Å²) in [5.74, 6) is 0.318. The molecule has 1 amide bonds. The maximum atomic E-state index is 12.7. The number of amides is 1. The van der Waals surface area contributed by atoms with Crippen LogP contribution < -0.4 is 0 Å². The van der Waals surface area contributed by atoms with Gasteiger partial charge in [-0.25, -0.2) is 9.78 Å². The van der Waals surface area contributed by atoms with Crippen molar-refractivity contribution in [2.24, 2.45) is 5.92 Å². The van der Waals surface area contributed by atoms with Crippen molar-refractivity contribution in [3.63, 3.8) is 0 Å². The number of hydrogen-bond acceptors (Lipinski definition) is 4. The molecule has 124 valence electrons. The first-order valence-electron chi connectivity index (χ1n) is 7.90. The van der Waals surface area contributed by atoms with E-state index in [0.717, 1.165) is 18.5 Å². The second kappa shape index (κ2) is 5.89. The Bertz CT molecular complexity index is 635. The topological polar surface area (TPSA) is 59.5 Å². The van der Waals surface area contributed by atoms with Gasteiger partial charge in [0, 0.05) is 11.7 Å². The van der Waals surface area contributed by atoms with Crippen LogP contribution in [0.15, 0.2) is 22.8 Å². The van der Waals surface area contributed by atoms with Crippen molar-refractivity contribution in [3.05, 3.63) is 28.5 Å².